The molecule has 1 aromatic heterocycles. The molecule has 1 aromatic carbocycles. The van der Waals surface area contributed by atoms with Crippen LogP contribution in [0.3, 0.4) is 0 Å². The molecule has 3 heterocycles. The predicted molar refractivity (Wildman–Crippen MR) is 99.9 cm³/mol. The molecule has 0 spiro atoms. The van der Waals surface area contributed by atoms with Crippen LogP contribution >= 0.6 is 0 Å². The number of benzene rings is 1. The summed E-state index contributed by atoms with van der Waals surface area (Å²) in [6.07, 6.45) is -0.694. The van der Waals surface area contributed by atoms with Gasteiger partial charge < -0.3 is 24.6 Å². The maximum atomic E-state index is 12.4. The van der Waals surface area contributed by atoms with Crippen molar-refractivity contribution in [3.63, 3.8) is 0 Å². The number of nitrogens with zero attached hydrogens (tertiary/aromatic N) is 4. The first-order chi connectivity index (χ1) is 13.5. The summed E-state index contributed by atoms with van der Waals surface area (Å²) in [7, 11) is 3.48. The fraction of sp³-hybridized carbons (Fsp3) is 0.421. The average Bonchev–Trinajstić information content (AvgIpc) is 3.13. The maximum Gasteiger partial charge on any atom is 0.319 e. The van der Waals surface area contributed by atoms with Crippen molar-refractivity contribution in [2.45, 2.75) is 25.7 Å². The third-order valence-electron chi connectivity index (χ3n) is 4.75. The van der Waals surface area contributed by atoms with Crippen molar-refractivity contribution in [1.29, 1.82) is 0 Å². The maximum absolute atomic E-state index is 12.4. The van der Waals surface area contributed by atoms with Crippen LogP contribution < -0.4 is 14.8 Å². The number of urea groups is 1. The zero-order chi connectivity index (χ0) is 19.7. The summed E-state index contributed by atoms with van der Waals surface area (Å²) >= 11 is 0. The highest BCUT2D eigenvalue weighted by molar-refractivity contribution is 5.81. The lowest BCUT2D eigenvalue weighted by atomic mass is 10.2. The lowest BCUT2D eigenvalue weighted by molar-refractivity contribution is -0.130. The summed E-state index contributed by atoms with van der Waals surface area (Å²) in [6, 6.07) is 9.18. The van der Waals surface area contributed by atoms with Crippen molar-refractivity contribution in [2.24, 2.45) is 0 Å². The number of hydrogen-bond acceptors (Lipinski definition) is 5. The van der Waals surface area contributed by atoms with Crippen molar-refractivity contribution >= 4 is 11.9 Å². The first-order valence-corrected chi connectivity index (χ1v) is 9.19. The number of carbonyl (C=O) groups is 2. The lowest BCUT2D eigenvalue weighted by Gasteiger charge is -2.29. The molecule has 2 aliphatic rings. The van der Waals surface area contributed by atoms with E-state index in [4.69, 9.17) is 9.47 Å². The average molecular weight is 385 g/mol. The number of rotatable bonds is 3. The second kappa shape index (κ2) is 7.41. The molecule has 0 fully saturated rings. The Morgan fingerprint density at radius 3 is 2.82 bits per heavy atom. The molecule has 2 aromatic rings. The topological polar surface area (TPSA) is 88.9 Å². The number of ether oxygens (including phenoxy) is 2. The largest absolute Gasteiger partial charge is 0.485 e. The summed E-state index contributed by atoms with van der Waals surface area (Å²) in [5, 5.41) is 7.37. The third-order valence-corrected chi connectivity index (χ3v) is 4.75. The highest BCUT2D eigenvalue weighted by Crippen LogP contribution is 2.30. The van der Waals surface area contributed by atoms with E-state index in [0.29, 0.717) is 37.7 Å². The monoisotopic (exact) mass is 385 g/mol. The fourth-order valence-electron chi connectivity index (χ4n) is 3.30. The molecule has 1 N–H and O–H groups in total. The normalized spacial score (nSPS) is 17.6. The van der Waals surface area contributed by atoms with Gasteiger partial charge in [0.2, 0.25) is 6.10 Å². The van der Waals surface area contributed by atoms with Crippen LogP contribution in [-0.2, 0) is 24.4 Å². The van der Waals surface area contributed by atoms with Crippen LogP contribution in [0.15, 0.2) is 30.3 Å². The van der Waals surface area contributed by atoms with Crippen molar-refractivity contribution in [1.82, 2.24) is 24.9 Å². The van der Waals surface area contributed by atoms with Gasteiger partial charge in [-0.1, -0.05) is 12.1 Å². The van der Waals surface area contributed by atoms with Crippen LogP contribution in [0.25, 0.3) is 0 Å². The Balaban J connectivity index is 1.34. The Kier molecular flexibility index (Phi) is 4.81. The molecule has 28 heavy (non-hydrogen) atoms. The predicted octanol–water partition coefficient (Wildman–Crippen LogP) is 0.837. The highest BCUT2D eigenvalue weighted by atomic mass is 16.6. The number of nitrogens with one attached hydrogen (secondary N) is 1. The van der Waals surface area contributed by atoms with Gasteiger partial charge in [-0.2, -0.15) is 5.10 Å². The van der Waals surface area contributed by atoms with E-state index in [1.54, 1.807) is 30.0 Å². The van der Waals surface area contributed by atoms with Gasteiger partial charge in [0.05, 0.1) is 31.0 Å². The van der Waals surface area contributed by atoms with Crippen LogP contribution in [0.5, 0.6) is 11.5 Å². The molecular weight excluding hydrogens is 362 g/mol. The van der Waals surface area contributed by atoms with Gasteiger partial charge in [0.15, 0.2) is 11.5 Å². The van der Waals surface area contributed by atoms with Gasteiger partial charge in [0.1, 0.15) is 6.61 Å². The number of aromatic nitrogens is 2. The molecule has 1 atom stereocenters. The molecule has 0 radical (unpaired) electrons. The smallest absolute Gasteiger partial charge is 0.319 e. The molecular formula is C19H23N5O4. The van der Waals surface area contributed by atoms with Crippen LogP contribution in [-0.4, -0.2) is 64.9 Å². The fourth-order valence-corrected chi connectivity index (χ4v) is 3.30. The van der Waals surface area contributed by atoms with E-state index in [-0.39, 0.29) is 18.5 Å². The Hall–Kier alpha value is -3.23. The Bertz CT molecular complexity index is 894. The SMILES string of the molecule is CN(C)C(=O)N1CCn2nc(CNC(=O)C3COc4ccccc4O3)cc2C1. The minimum absolute atomic E-state index is 0.0166. The Labute approximate surface area is 162 Å². The second-order valence-electron chi connectivity index (χ2n) is 7.03. The van der Waals surface area contributed by atoms with Gasteiger partial charge in [-0.3, -0.25) is 9.48 Å². The molecule has 148 valence electrons. The summed E-state index contributed by atoms with van der Waals surface area (Å²) in [6.45, 7) is 2.23. The molecule has 2 aliphatic heterocycles. The van der Waals surface area contributed by atoms with Crippen LogP contribution in [0.2, 0.25) is 0 Å². The highest BCUT2D eigenvalue weighted by Gasteiger charge is 2.28. The minimum atomic E-state index is -0.694. The van der Waals surface area contributed by atoms with E-state index in [1.165, 1.54) is 0 Å². The summed E-state index contributed by atoms with van der Waals surface area (Å²) in [5.41, 5.74) is 1.71. The van der Waals surface area contributed by atoms with E-state index in [9.17, 15) is 9.59 Å². The van der Waals surface area contributed by atoms with Crippen molar-refractivity contribution < 1.29 is 19.1 Å². The lowest BCUT2D eigenvalue weighted by Crippen LogP contribution is -2.43. The van der Waals surface area contributed by atoms with Gasteiger partial charge in [-0.15, -0.1) is 0 Å². The standard InChI is InChI=1S/C19H23N5O4/c1-22(2)19(26)23-7-8-24-14(11-23)9-13(21-24)10-20-18(25)17-12-27-15-5-3-4-6-16(15)28-17/h3-6,9,17H,7-8,10-12H2,1-2H3,(H,20,25). The molecule has 3 amide bonds. The van der Waals surface area contributed by atoms with Crippen molar-refractivity contribution in [3.05, 3.63) is 41.7 Å². The van der Waals surface area contributed by atoms with Crippen LogP contribution in [0, 0.1) is 0 Å². The van der Waals surface area contributed by atoms with Gasteiger partial charge in [-0.25, -0.2) is 4.79 Å². The van der Waals surface area contributed by atoms with E-state index in [2.05, 4.69) is 10.4 Å². The molecule has 9 nitrogen and oxygen atoms in total. The second-order valence-corrected chi connectivity index (χ2v) is 7.03. The van der Waals surface area contributed by atoms with E-state index >= 15 is 0 Å². The molecule has 0 aliphatic carbocycles. The Morgan fingerprint density at radius 2 is 2.04 bits per heavy atom. The van der Waals surface area contributed by atoms with E-state index in [1.807, 2.05) is 28.9 Å². The summed E-state index contributed by atoms with van der Waals surface area (Å²) in [4.78, 5) is 27.9. The zero-order valence-electron chi connectivity index (χ0n) is 15.9. The molecule has 0 saturated carbocycles. The quantitative estimate of drug-likeness (QED) is 0.846. The van der Waals surface area contributed by atoms with Crippen molar-refractivity contribution in [3.8, 4) is 11.5 Å². The molecule has 0 saturated heterocycles. The minimum Gasteiger partial charge on any atom is -0.485 e. The summed E-state index contributed by atoms with van der Waals surface area (Å²) < 4.78 is 13.2. The van der Waals surface area contributed by atoms with Gasteiger partial charge >= 0.3 is 6.03 Å². The van der Waals surface area contributed by atoms with Gasteiger partial charge in [0.25, 0.3) is 5.91 Å². The molecule has 4 rings (SSSR count). The zero-order valence-corrected chi connectivity index (χ0v) is 15.9. The number of carbonyl (C=O) groups excluding carboxylic acids is 2. The van der Waals surface area contributed by atoms with Gasteiger partial charge in [-0.05, 0) is 18.2 Å². The van der Waals surface area contributed by atoms with Crippen LogP contribution in [0.4, 0.5) is 4.79 Å². The molecule has 9 heteroatoms. The third kappa shape index (κ3) is 3.60. The number of para-hydroxylation sites is 2. The first kappa shape index (κ1) is 18.1. The summed E-state index contributed by atoms with van der Waals surface area (Å²) in [5.74, 6) is 0.965. The number of amides is 3. The van der Waals surface area contributed by atoms with Crippen molar-refractivity contribution in [2.75, 3.05) is 27.2 Å². The van der Waals surface area contributed by atoms with Crippen LogP contribution in [0.1, 0.15) is 11.4 Å². The van der Waals surface area contributed by atoms with E-state index < -0.39 is 6.10 Å². The van der Waals surface area contributed by atoms with Gasteiger partial charge in [0, 0.05) is 20.6 Å². The first-order valence-electron chi connectivity index (χ1n) is 9.19. The number of fused-ring (bicyclic) bond motifs is 2. The van der Waals surface area contributed by atoms with E-state index in [0.717, 1.165) is 11.4 Å². The molecule has 1 unspecified atom stereocenters. The number of hydrogen-bond donors (Lipinski definition) is 1. The Morgan fingerprint density at radius 1 is 1.25 bits per heavy atom. The molecule has 0 bridgehead atoms.